The van der Waals surface area contributed by atoms with Crippen molar-refractivity contribution in [2.45, 2.75) is 19.3 Å². The quantitative estimate of drug-likeness (QED) is 0.916. The first kappa shape index (κ1) is 14.2. The molecule has 6 nitrogen and oxygen atoms in total. The summed E-state index contributed by atoms with van der Waals surface area (Å²) in [7, 11) is -1.71. The number of carbonyl (C=O) groups is 1. The van der Waals surface area contributed by atoms with E-state index in [1.165, 1.54) is 11.4 Å². The van der Waals surface area contributed by atoms with Gasteiger partial charge in [0.25, 0.3) is 0 Å². The third-order valence-electron chi connectivity index (χ3n) is 3.78. The van der Waals surface area contributed by atoms with E-state index >= 15 is 0 Å². The maximum absolute atomic E-state index is 11.9. The van der Waals surface area contributed by atoms with Crippen molar-refractivity contribution < 1.29 is 17.9 Å². The summed E-state index contributed by atoms with van der Waals surface area (Å²) >= 11 is 0. The van der Waals surface area contributed by atoms with Gasteiger partial charge in [-0.25, -0.2) is 8.42 Å². The topological polar surface area (TPSA) is 75.7 Å². The summed E-state index contributed by atoms with van der Waals surface area (Å²) in [6.45, 7) is 0.485. The summed E-state index contributed by atoms with van der Waals surface area (Å²) in [6, 6.07) is 5.06. The van der Waals surface area contributed by atoms with Crippen LogP contribution in [0.2, 0.25) is 0 Å². The lowest BCUT2D eigenvalue weighted by molar-refractivity contribution is -0.117. The van der Waals surface area contributed by atoms with Crippen LogP contribution in [0.1, 0.15) is 19.3 Å². The van der Waals surface area contributed by atoms with Crippen molar-refractivity contribution in [3.05, 3.63) is 18.2 Å². The van der Waals surface area contributed by atoms with Crippen molar-refractivity contribution in [1.29, 1.82) is 0 Å². The molecule has 1 aliphatic carbocycles. The Morgan fingerprint density at radius 1 is 1.38 bits per heavy atom. The Morgan fingerprint density at radius 3 is 2.71 bits per heavy atom. The fourth-order valence-electron chi connectivity index (χ4n) is 2.45. The van der Waals surface area contributed by atoms with Crippen LogP contribution in [0.15, 0.2) is 18.2 Å². The Bertz CT molecular complexity index is 668. The molecular weight excluding hydrogens is 292 g/mol. The lowest BCUT2D eigenvalue weighted by Crippen LogP contribution is -2.25. The van der Waals surface area contributed by atoms with E-state index in [0.29, 0.717) is 30.1 Å². The van der Waals surface area contributed by atoms with Crippen molar-refractivity contribution in [2.75, 3.05) is 29.0 Å². The lowest BCUT2D eigenvalue weighted by atomic mass is 10.2. The van der Waals surface area contributed by atoms with E-state index in [2.05, 4.69) is 5.32 Å². The molecule has 0 atom stereocenters. The highest BCUT2D eigenvalue weighted by Gasteiger charge is 2.31. The van der Waals surface area contributed by atoms with Crippen LogP contribution in [-0.4, -0.2) is 33.7 Å². The zero-order valence-corrected chi connectivity index (χ0v) is 12.6. The Kier molecular flexibility index (Phi) is 3.52. The van der Waals surface area contributed by atoms with E-state index in [1.807, 2.05) is 0 Å². The number of nitrogens with zero attached hydrogens (tertiary/aromatic N) is 1. The molecule has 1 aromatic rings. The maximum Gasteiger partial charge on any atom is 0.235 e. The second-order valence-corrected chi connectivity index (χ2v) is 7.40. The van der Waals surface area contributed by atoms with Crippen molar-refractivity contribution in [3.8, 4) is 5.75 Å². The summed E-state index contributed by atoms with van der Waals surface area (Å²) in [5, 5.41) is 2.83. The standard InChI is InChI=1S/C14H18N2O4S/c1-20-13-9-11(16-7-2-8-21(16,18)19)5-6-12(13)15-14(17)10-3-4-10/h5-6,9-10H,2-4,7-8H2,1H3,(H,15,17). The fraction of sp³-hybridized carbons (Fsp3) is 0.500. The first-order valence-corrected chi connectivity index (χ1v) is 8.61. The molecule has 2 fully saturated rings. The van der Waals surface area contributed by atoms with Gasteiger partial charge >= 0.3 is 0 Å². The van der Waals surface area contributed by atoms with Gasteiger partial charge in [-0.1, -0.05) is 0 Å². The summed E-state index contributed by atoms with van der Waals surface area (Å²) in [6.07, 6.45) is 2.49. The van der Waals surface area contributed by atoms with Crippen LogP contribution in [0.4, 0.5) is 11.4 Å². The van der Waals surface area contributed by atoms with Crippen molar-refractivity contribution in [2.24, 2.45) is 5.92 Å². The molecule has 114 valence electrons. The van der Waals surface area contributed by atoms with Crippen LogP contribution in [0.25, 0.3) is 0 Å². The number of ether oxygens (including phenoxy) is 1. The average molecular weight is 310 g/mol. The van der Waals surface area contributed by atoms with Crippen LogP contribution >= 0.6 is 0 Å². The molecule has 1 N–H and O–H groups in total. The number of rotatable bonds is 4. The van der Waals surface area contributed by atoms with Gasteiger partial charge in [0.05, 0.1) is 24.2 Å². The number of benzene rings is 1. The second kappa shape index (κ2) is 5.22. The predicted octanol–water partition coefficient (Wildman–Crippen LogP) is 1.58. The Labute approximate surface area is 124 Å². The van der Waals surface area contributed by atoms with Gasteiger partial charge in [-0.2, -0.15) is 0 Å². The number of amides is 1. The van der Waals surface area contributed by atoms with Crippen LogP contribution < -0.4 is 14.4 Å². The molecule has 0 aromatic heterocycles. The monoisotopic (exact) mass is 310 g/mol. The number of hydrogen-bond acceptors (Lipinski definition) is 4. The van der Waals surface area contributed by atoms with Crippen molar-refractivity contribution in [3.63, 3.8) is 0 Å². The van der Waals surface area contributed by atoms with Gasteiger partial charge in [0.2, 0.25) is 15.9 Å². The molecule has 3 rings (SSSR count). The first-order chi connectivity index (χ1) is 10.0. The van der Waals surface area contributed by atoms with Crippen molar-refractivity contribution >= 4 is 27.3 Å². The van der Waals surface area contributed by atoms with E-state index < -0.39 is 10.0 Å². The minimum absolute atomic E-state index is 0.00477. The molecule has 7 heteroatoms. The second-order valence-electron chi connectivity index (χ2n) is 5.39. The van der Waals surface area contributed by atoms with E-state index in [-0.39, 0.29) is 17.6 Å². The molecule has 21 heavy (non-hydrogen) atoms. The summed E-state index contributed by atoms with van der Waals surface area (Å²) in [4.78, 5) is 11.8. The molecule has 1 saturated carbocycles. The smallest absolute Gasteiger partial charge is 0.235 e. The Hall–Kier alpha value is -1.76. The van der Waals surface area contributed by atoms with E-state index in [1.54, 1.807) is 18.2 Å². The van der Waals surface area contributed by atoms with E-state index in [0.717, 1.165) is 12.8 Å². The predicted molar refractivity (Wildman–Crippen MR) is 80.1 cm³/mol. The highest BCUT2D eigenvalue weighted by molar-refractivity contribution is 7.93. The molecular formula is C14H18N2O4S. The molecule has 1 saturated heterocycles. The Balaban J connectivity index is 1.86. The number of anilines is 2. The zero-order chi connectivity index (χ0) is 15.0. The number of nitrogens with one attached hydrogen (secondary N) is 1. The molecule has 1 amide bonds. The number of sulfonamides is 1. The molecule has 2 aliphatic rings. The van der Waals surface area contributed by atoms with Gasteiger partial charge in [0.1, 0.15) is 5.75 Å². The van der Waals surface area contributed by atoms with Gasteiger partial charge in [0.15, 0.2) is 0 Å². The first-order valence-electron chi connectivity index (χ1n) is 7.00. The molecule has 0 spiro atoms. The molecule has 0 radical (unpaired) electrons. The van der Waals surface area contributed by atoms with Crippen LogP contribution in [0.5, 0.6) is 5.75 Å². The van der Waals surface area contributed by atoms with Crippen LogP contribution in [0, 0.1) is 5.92 Å². The summed E-state index contributed by atoms with van der Waals surface area (Å²) < 4.78 is 30.5. The lowest BCUT2D eigenvalue weighted by Gasteiger charge is -2.19. The van der Waals surface area contributed by atoms with Gasteiger partial charge in [-0.3, -0.25) is 9.10 Å². The third kappa shape index (κ3) is 2.83. The van der Waals surface area contributed by atoms with Gasteiger partial charge < -0.3 is 10.1 Å². The minimum atomic E-state index is -3.21. The largest absolute Gasteiger partial charge is 0.494 e. The van der Waals surface area contributed by atoms with E-state index in [9.17, 15) is 13.2 Å². The van der Waals surface area contributed by atoms with Gasteiger partial charge in [-0.05, 0) is 31.4 Å². The molecule has 0 unspecified atom stereocenters. The molecule has 1 aromatic carbocycles. The third-order valence-corrected chi connectivity index (χ3v) is 5.65. The molecule has 1 aliphatic heterocycles. The highest BCUT2D eigenvalue weighted by Crippen LogP contribution is 2.35. The van der Waals surface area contributed by atoms with Crippen LogP contribution in [-0.2, 0) is 14.8 Å². The number of carbonyl (C=O) groups excluding carboxylic acids is 1. The van der Waals surface area contributed by atoms with E-state index in [4.69, 9.17) is 4.74 Å². The normalized spacial score (nSPS) is 20.3. The SMILES string of the molecule is COc1cc(N2CCCS2(=O)=O)ccc1NC(=O)C1CC1. The fourth-order valence-corrected chi connectivity index (χ4v) is 4.00. The van der Waals surface area contributed by atoms with Gasteiger partial charge in [-0.15, -0.1) is 0 Å². The number of hydrogen-bond donors (Lipinski definition) is 1. The molecule has 1 heterocycles. The summed E-state index contributed by atoms with van der Waals surface area (Å²) in [5.74, 6) is 0.752. The van der Waals surface area contributed by atoms with Crippen molar-refractivity contribution in [1.82, 2.24) is 0 Å². The van der Waals surface area contributed by atoms with Crippen LogP contribution in [0.3, 0.4) is 0 Å². The zero-order valence-electron chi connectivity index (χ0n) is 11.8. The Morgan fingerprint density at radius 2 is 2.14 bits per heavy atom. The molecule has 0 bridgehead atoms. The average Bonchev–Trinajstić information content (AvgIpc) is 3.23. The number of methoxy groups -OCH3 is 1. The maximum atomic E-state index is 11.9. The highest BCUT2D eigenvalue weighted by atomic mass is 32.2. The van der Waals surface area contributed by atoms with Gasteiger partial charge in [0, 0.05) is 18.5 Å². The summed E-state index contributed by atoms with van der Waals surface area (Å²) in [5.41, 5.74) is 1.16. The minimum Gasteiger partial charge on any atom is -0.494 e.